The zero-order valence-corrected chi connectivity index (χ0v) is 12.0. The van der Waals surface area contributed by atoms with Gasteiger partial charge in [0.25, 0.3) is 0 Å². The van der Waals surface area contributed by atoms with E-state index in [0.717, 1.165) is 28.4 Å². The van der Waals surface area contributed by atoms with E-state index in [1.165, 1.54) is 0 Å². The first-order chi connectivity index (χ1) is 11.0. The van der Waals surface area contributed by atoms with Crippen LogP contribution in [0.5, 0.6) is 0 Å². The molecular weight excluding hydrogens is 304 g/mol. The van der Waals surface area contributed by atoms with E-state index < -0.39 is 17.6 Å². The molecule has 0 fully saturated rings. The van der Waals surface area contributed by atoms with Gasteiger partial charge in [-0.1, -0.05) is 29.0 Å². The first-order valence-corrected chi connectivity index (χ1v) is 6.68. The van der Waals surface area contributed by atoms with Crippen LogP contribution in [-0.4, -0.2) is 26.1 Å². The second kappa shape index (κ2) is 5.60. The fourth-order valence-electron chi connectivity index (χ4n) is 2.32. The number of hydrogen-bond donors (Lipinski definition) is 1. The van der Waals surface area contributed by atoms with Gasteiger partial charge in [-0.25, -0.2) is 18.3 Å². The minimum atomic E-state index is -1.27. The lowest BCUT2D eigenvalue weighted by atomic mass is 10.1. The average Bonchev–Trinajstić information content (AvgIpc) is 2.91. The highest BCUT2D eigenvalue weighted by Crippen LogP contribution is 2.26. The molecule has 5 nitrogen and oxygen atoms in total. The van der Waals surface area contributed by atoms with E-state index in [4.69, 9.17) is 0 Å². The van der Waals surface area contributed by atoms with E-state index in [9.17, 15) is 18.7 Å². The highest BCUT2D eigenvalue weighted by molar-refractivity contribution is 5.93. The molecule has 0 saturated carbocycles. The summed E-state index contributed by atoms with van der Waals surface area (Å²) in [4.78, 5) is 11.4. The van der Waals surface area contributed by atoms with Crippen molar-refractivity contribution >= 4 is 5.97 Å². The average molecular weight is 315 g/mol. The minimum absolute atomic E-state index is 0.0546. The zero-order valence-electron chi connectivity index (χ0n) is 12.0. The van der Waals surface area contributed by atoms with Crippen molar-refractivity contribution < 1.29 is 18.7 Å². The molecule has 0 aliphatic heterocycles. The van der Waals surface area contributed by atoms with Gasteiger partial charge < -0.3 is 5.11 Å². The standard InChI is InChI=1S/C16H11F2N3O2/c1-9-3-2-4-10(5-9)15-14(16(22)23)19-20-21(15)13-7-11(17)6-12(18)8-13/h2-8H,1H3,(H,22,23). The van der Waals surface area contributed by atoms with E-state index in [2.05, 4.69) is 10.3 Å². The molecule has 0 aliphatic rings. The third kappa shape index (κ3) is 2.80. The number of carbonyl (C=O) groups is 1. The summed E-state index contributed by atoms with van der Waals surface area (Å²) in [6.45, 7) is 1.85. The molecule has 2 aromatic carbocycles. The Hall–Kier alpha value is -3.09. The maximum absolute atomic E-state index is 13.5. The first kappa shape index (κ1) is 14.8. The summed E-state index contributed by atoms with van der Waals surface area (Å²) in [6, 6.07) is 9.87. The van der Waals surface area contributed by atoms with Crippen LogP contribution < -0.4 is 0 Å². The molecule has 1 aromatic heterocycles. The Balaban J connectivity index is 2.28. The number of aryl methyl sites for hydroxylation is 1. The van der Waals surface area contributed by atoms with E-state index in [1.54, 1.807) is 18.2 Å². The van der Waals surface area contributed by atoms with Crippen molar-refractivity contribution in [1.82, 2.24) is 15.0 Å². The number of hydrogen-bond acceptors (Lipinski definition) is 3. The fraction of sp³-hybridized carbons (Fsp3) is 0.0625. The Labute approximate surface area is 129 Å². The Morgan fingerprint density at radius 2 is 1.83 bits per heavy atom. The quantitative estimate of drug-likeness (QED) is 0.806. The molecule has 1 N–H and O–H groups in total. The van der Waals surface area contributed by atoms with E-state index >= 15 is 0 Å². The lowest BCUT2D eigenvalue weighted by Crippen LogP contribution is -2.04. The molecule has 1 heterocycles. The van der Waals surface area contributed by atoms with Gasteiger partial charge in [0.1, 0.15) is 17.3 Å². The molecule has 3 rings (SSSR count). The van der Waals surface area contributed by atoms with Gasteiger partial charge in [-0.3, -0.25) is 0 Å². The van der Waals surface area contributed by atoms with Crippen molar-refractivity contribution in [2.45, 2.75) is 6.92 Å². The Morgan fingerprint density at radius 1 is 1.13 bits per heavy atom. The van der Waals surface area contributed by atoms with Gasteiger partial charge in [-0.05, 0) is 25.1 Å². The maximum Gasteiger partial charge on any atom is 0.358 e. The summed E-state index contributed by atoms with van der Waals surface area (Å²) >= 11 is 0. The molecule has 0 bridgehead atoms. The molecule has 7 heteroatoms. The second-order valence-electron chi connectivity index (χ2n) is 5.00. The largest absolute Gasteiger partial charge is 0.476 e. The number of benzene rings is 2. The van der Waals surface area contributed by atoms with Crippen LogP contribution in [0.3, 0.4) is 0 Å². The predicted molar refractivity (Wildman–Crippen MR) is 78.4 cm³/mol. The number of nitrogens with zero attached hydrogens (tertiary/aromatic N) is 3. The molecule has 0 aliphatic carbocycles. The smallest absolute Gasteiger partial charge is 0.358 e. The second-order valence-corrected chi connectivity index (χ2v) is 5.00. The Morgan fingerprint density at radius 3 is 2.43 bits per heavy atom. The van der Waals surface area contributed by atoms with Crippen LogP contribution in [0.4, 0.5) is 8.78 Å². The fourth-order valence-corrected chi connectivity index (χ4v) is 2.32. The van der Waals surface area contributed by atoms with Crippen molar-refractivity contribution in [3.63, 3.8) is 0 Å². The molecule has 0 radical (unpaired) electrons. The summed E-state index contributed by atoms with van der Waals surface area (Å²) in [6.07, 6.45) is 0. The molecule has 0 atom stereocenters. The molecule has 116 valence electrons. The van der Waals surface area contributed by atoms with Crippen molar-refractivity contribution in [1.29, 1.82) is 0 Å². The Bertz CT molecular complexity index is 886. The minimum Gasteiger partial charge on any atom is -0.476 e. The SMILES string of the molecule is Cc1cccc(-c2c(C(=O)O)nnn2-c2cc(F)cc(F)c2)c1. The molecule has 23 heavy (non-hydrogen) atoms. The van der Waals surface area contributed by atoms with Gasteiger partial charge in [0.05, 0.1) is 5.69 Å². The lowest BCUT2D eigenvalue weighted by molar-refractivity contribution is 0.0691. The van der Waals surface area contributed by atoms with E-state index in [1.807, 2.05) is 13.0 Å². The highest BCUT2D eigenvalue weighted by atomic mass is 19.1. The summed E-state index contributed by atoms with van der Waals surface area (Å²) in [5.41, 5.74) is 1.36. The summed E-state index contributed by atoms with van der Waals surface area (Å²) in [5.74, 6) is -2.85. The van der Waals surface area contributed by atoms with Crippen LogP contribution in [0.1, 0.15) is 16.1 Å². The number of carboxylic acid groups (broad SMARTS) is 1. The molecule has 0 spiro atoms. The number of halogens is 2. The molecule has 3 aromatic rings. The van der Waals surface area contributed by atoms with Gasteiger partial charge in [0.2, 0.25) is 0 Å². The first-order valence-electron chi connectivity index (χ1n) is 6.68. The van der Waals surface area contributed by atoms with Gasteiger partial charge in [0.15, 0.2) is 5.69 Å². The topological polar surface area (TPSA) is 68.0 Å². The zero-order chi connectivity index (χ0) is 16.6. The lowest BCUT2D eigenvalue weighted by Gasteiger charge is -2.08. The summed E-state index contributed by atoms with van der Waals surface area (Å²) in [5, 5.41) is 16.7. The van der Waals surface area contributed by atoms with Crippen LogP contribution in [0.2, 0.25) is 0 Å². The van der Waals surface area contributed by atoms with Gasteiger partial charge in [0, 0.05) is 11.6 Å². The van der Waals surface area contributed by atoms with Crippen LogP contribution in [0, 0.1) is 18.6 Å². The highest BCUT2D eigenvalue weighted by Gasteiger charge is 2.22. The monoisotopic (exact) mass is 315 g/mol. The third-order valence-corrected chi connectivity index (χ3v) is 3.26. The molecule has 0 amide bonds. The number of aromatic carboxylic acids is 1. The summed E-state index contributed by atoms with van der Waals surface area (Å²) < 4.78 is 28.0. The van der Waals surface area contributed by atoms with E-state index in [-0.39, 0.29) is 17.1 Å². The third-order valence-electron chi connectivity index (χ3n) is 3.26. The van der Waals surface area contributed by atoms with Crippen molar-refractivity contribution in [3.05, 3.63) is 65.4 Å². The van der Waals surface area contributed by atoms with E-state index in [0.29, 0.717) is 5.56 Å². The van der Waals surface area contributed by atoms with Crippen molar-refractivity contribution in [2.24, 2.45) is 0 Å². The van der Waals surface area contributed by atoms with Crippen LogP contribution in [-0.2, 0) is 0 Å². The normalized spacial score (nSPS) is 10.7. The summed E-state index contributed by atoms with van der Waals surface area (Å²) in [7, 11) is 0. The van der Waals surface area contributed by atoms with Crippen LogP contribution in [0.25, 0.3) is 16.9 Å². The molecule has 0 saturated heterocycles. The van der Waals surface area contributed by atoms with Crippen LogP contribution in [0.15, 0.2) is 42.5 Å². The number of aromatic nitrogens is 3. The van der Waals surface area contributed by atoms with Crippen LogP contribution >= 0.6 is 0 Å². The molecular formula is C16H11F2N3O2. The van der Waals surface area contributed by atoms with Gasteiger partial charge in [-0.2, -0.15) is 0 Å². The van der Waals surface area contributed by atoms with Crippen molar-refractivity contribution in [3.8, 4) is 16.9 Å². The predicted octanol–water partition coefficient (Wildman–Crippen LogP) is 3.22. The Kier molecular flexibility index (Phi) is 3.61. The van der Waals surface area contributed by atoms with Gasteiger partial charge >= 0.3 is 5.97 Å². The molecule has 0 unspecified atom stereocenters. The number of carboxylic acids is 1. The number of rotatable bonds is 3. The van der Waals surface area contributed by atoms with Crippen molar-refractivity contribution in [2.75, 3.05) is 0 Å². The maximum atomic E-state index is 13.5. The van der Waals surface area contributed by atoms with Gasteiger partial charge in [-0.15, -0.1) is 5.10 Å².